The molecule has 0 N–H and O–H groups in total. The average Bonchev–Trinajstić information content (AvgIpc) is 2.96. The van der Waals surface area contributed by atoms with Crippen LogP contribution in [0.1, 0.15) is 57.1 Å². The highest BCUT2D eigenvalue weighted by atomic mass is 16.5. The van der Waals surface area contributed by atoms with Gasteiger partial charge in [-0.15, -0.1) is 0 Å². The molecule has 2 aromatic rings. The zero-order valence-electron chi connectivity index (χ0n) is 20.2. The lowest BCUT2D eigenvalue weighted by molar-refractivity contribution is 0.0377. The van der Waals surface area contributed by atoms with Gasteiger partial charge in [0.15, 0.2) is 0 Å². The number of aryl methyl sites for hydroxylation is 1. The molecule has 174 valence electrons. The van der Waals surface area contributed by atoms with Crippen LogP contribution in [0.15, 0.2) is 12.3 Å². The van der Waals surface area contributed by atoms with Crippen LogP contribution < -0.4 is 4.90 Å². The Labute approximate surface area is 190 Å². The van der Waals surface area contributed by atoms with Crippen LogP contribution in [0.2, 0.25) is 0 Å². The SMILES string of the molecule is COC(=O)c1c(CN2CCN(c3nccc(C)c3C(=O)OC(C)C)CC2)c(C)n(C)c1C. The van der Waals surface area contributed by atoms with Crippen molar-refractivity contribution in [2.75, 3.05) is 38.2 Å². The summed E-state index contributed by atoms with van der Waals surface area (Å²) in [6.07, 6.45) is 1.55. The number of hydrogen-bond donors (Lipinski definition) is 0. The van der Waals surface area contributed by atoms with Crippen LogP contribution in [0.25, 0.3) is 0 Å². The monoisotopic (exact) mass is 442 g/mol. The first-order valence-corrected chi connectivity index (χ1v) is 11.0. The lowest BCUT2D eigenvalue weighted by Crippen LogP contribution is -2.47. The molecule has 3 heterocycles. The zero-order chi connectivity index (χ0) is 23.6. The minimum Gasteiger partial charge on any atom is -0.465 e. The highest BCUT2D eigenvalue weighted by Crippen LogP contribution is 2.27. The molecule has 0 aromatic carbocycles. The Morgan fingerprint density at radius 3 is 2.28 bits per heavy atom. The Bertz CT molecular complexity index is 1000. The standard InChI is InChI=1S/C24H34N4O4/c1-15(2)32-24(30)20-16(3)8-9-25-22(20)28-12-10-27(11-13-28)14-19-17(4)26(6)18(5)21(19)23(29)31-7/h8-9,15H,10-14H2,1-7H3. The van der Waals surface area contributed by atoms with Gasteiger partial charge < -0.3 is 18.9 Å². The third-order valence-electron chi connectivity index (χ3n) is 6.24. The maximum atomic E-state index is 12.7. The molecule has 0 spiro atoms. The lowest BCUT2D eigenvalue weighted by Gasteiger charge is -2.36. The fraction of sp³-hybridized carbons (Fsp3) is 0.542. The Kier molecular flexibility index (Phi) is 7.23. The highest BCUT2D eigenvalue weighted by molar-refractivity contribution is 5.96. The summed E-state index contributed by atoms with van der Waals surface area (Å²) in [4.78, 5) is 34.1. The maximum Gasteiger partial charge on any atom is 0.342 e. The van der Waals surface area contributed by atoms with E-state index in [1.54, 1.807) is 6.20 Å². The quantitative estimate of drug-likeness (QED) is 0.637. The van der Waals surface area contributed by atoms with Gasteiger partial charge in [0.2, 0.25) is 0 Å². The van der Waals surface area contributed by atoms with Gasteiger partial charge in [0, 0.05) is 62.9 Å². The number of esters is 2. The van der Waals surface area contributed by atoms with Crippen molar-refractivity contribution in [1.82, 2.24) is 14.5 Å². The highest BCUT2D eigenvalue weighted by Gasteiger charge is 2.28. The van der Waals surface area contributed by atoms with Crippen molar-refractivity contribution < 1.29 is 19.1 Å². The summed E-state index contributed by atoms with van der Waals surface area (Å²) in [7, 11) is 3.39. The Morgan fingerprint density at radius 2 is 1.69 bits per heavy atom. The third-order valence-corrected chi connectivity index (χ3v) is 6.24. The minimum atomic E-state index is -0.332. The smallest absolute Gasteiger partial charge is 0.342 e. The Morgan fingerprint density at radius 1 is 1.03 bits per heavy atom. The minimum absolute atomic E-state index is 0.187. The number of nitrogens with zero attached hydrogens (tertiary/aromatic N) is 4. The second kappa shape index (κ2) is 9.73. The number of rotatable bonds is 6. The van der Waals surface area contributed by atoms with E-state index in [0.717, 1.165) is 48.7 Å². The molecule has 32 heavy (non-hydrogen) atoms. The van der Waals surface area contributed by atoms with Gasteiger partial charge in [-0.3, -0.25) is 4.90 Å². The van der Waals surface area contributed by atoms with Crippen molar-refractivity contribution in [2.24, 2.45) is 7.05 Å². The molecule has 2 aromatic heterocycles. The second-order valence-corrected chi connectivity index (χ2v) is 8.62. The first-order chi connectivity index (χ1) is 15.1. The summed E-state index contributed by atoms with van der Waals surface area (Å²) < 4.78 is 12.5. The topological polar surface area (TPSA) is 76.9 Å². The first-order valence-electron chi connectivity index (χ1n) is 11.0. The van der Waals surface area contributed by atoms with Gasteiger partial charge in [0.1, 0.15) is 11.4 Å². The number of hydrogen-bond acceptors (Lipinski definition) is 7. The summed E-state index contributed by atoms with van der Waals surface area (Å²) in [6, 6.07) is 1.84. The number of pyridine rings is 1. The average molecular weight is 443 g/mol. The van der Waals surface area contributed by atoms with E-state index in [4.69, 9.17) is 9.47 Å². The van der Waals surface area contributed by atoms with Gasteiger partial charge >= 0.3 is 11.9 Å². The van der Waals surface area contributed by atoms with Gasteiger partial charge in [-0.2, -0.15) is 0 Å². The lowest BCUT2D eigenvalue weighted by atomic mass is 10.1. The van der Waals surface area contributed by atoms with Crippen LogP contribution in [0.5, 0.6) is 0 Å². The van der Waals surface area contributed by atoms with Crippen molar-refractivity contribution in [3.05, 3.63) is 45.9 Å². The van der Waals surface area contributed by atoms with E-state index in [-0.39, 0.29) is 18.0 Å². The molecule has 0 unspecified atom stereocenters. The largest absolute Gasteiger partial charge is 0.465 e. The van der Waals surface area contributed by atoms with E-state index in [1.165, 1.54) is 7.11 Å². The molecule has 1 aliphatic rings. The van der Waals surface area contributed by atoms with E-state index < -0.39 is 0 Å². The Balaban J connectivity index is 1.77. The number of methoxy groups -OCH3 is 1. The fourth-order valence-electron chi connectivity index (χ4n) is 4.24. The first kappa shape index (κ1) is 23.8. The van der Waals surface area contributed by atoms with Crippen molar-refractivity contribution in [3.63, 3.8) is 0 Å². The molecule has 0 aliphatic carbocycles. The molecular weight excluding hydrogens is 408 g/mol. The number of carbonyl (C=O) groups is 2. The number of aromatic nitrogens is 2. The van der Waals surface area contributed by atoms with Crippen molar-refractivity contribution >= 4 is 17.8 Å². The van der Waals surface area contributed by atoms with E-state index in [9.17, 15) is 9.59 Å². The summed E-state index contributed by atoms with van der Waals surface area (Å²) >= 11 is 0. The number of ether oxygens (including phenoxy) is 2. The van der Waals surface area contributed by atoms with Crippen molar-refractivity contribution in [3.8, 4) is 0 Å². The van der Waals surface area contributed by atoms with Crippen molar-refractivity contribution in [1.29, 1.82) is 0 Å². The molecule has 0 amide bonds. The van der Waals surface area contributed by atoms with Gasteiger partial charge in [-0.05, 0) is 46.2 Å². The number of piperazine rings is 1. The van der Waals surface area contributed by atoms with Crippen LogP contribution in [0.4, 0.5) is 5.82 Å². The van der Waals surface area contributed by atoms with Gasteiger partial charge in [-0.1, -0.05) is 0 Å². The van der Waals surface area contributed by atoms with Crippen LogP contribution in [-0.2, 0) is 23.1 Å². The summed E-state index contributed by atoms with van der Waals surface area (Å²) in [5, 5.41) is 0. The number of anilines is 1. The molecule has 1 fully saturated rings. The molecule has 0 atom stereocenters. The van der Waals surface area contributed by atoms with Gasteiger partial charge in [-0.25, -0.2) is 14.6 Å². The molecule has 1 aliphatic heterocycles. The zero-order valence-corrected chi connectivity index (χ0v) is 20.2. The van der Waals surface area contributed by atoms with Crippen molar-refractivity contribution in [2.45, 2.75) is 47.3 Å². The third kappa shape index (κ3) is 4.65. The predicted octanol–water partition coefficient (Wildman–Crippen LogP) is 3.02. The van der Waals surface area contributed by atoms with Crippen LogP contribution in [-0.4, -0.2) is 65.8 Å². The number of carbonyl (C=O) groups excluding carboxylic acids is 2. The van der Waals surface area contributed by atoms with Crippen LogP contribution in [0, 0.1) is 20.8 Å². The molecule has 1 saturated heterocycles. The molecule has 0 saturated carbocycles. The molecular formula is C24H34N4O4. The molecule has 8 heteroatoms. The maximum absolute atomic E-state index is 12.7. The van der Waals surface area contributed by atoms with Crippen LogP contribution >= 0.6 is 0 Å². The summed E-state index contributed by atoms with van der Waals surface area (Å²) in [6.45, 7) is 13.3. The van der Waals surface area contributed by atoms with Gasteiger partial charge in [0.25, 0.3) is 0 Å². The van der Waals surface area contributed by atoms with E-state index in [0.29, 0.717) is 23.5 Å². The van der Waals surface area contributed by atoms with Gasteiger partial charge in [0.05, 0.1) is 18.8 Å². The Hall–Kier alpha value is -2.87. The molecule has 3 rings (SSSR count). The molecule has 0 radical (unpaired) electrons. The molecule has 8 nitrogen and oxygen atoms in total. The summed E-state index contributed by atoms with van der Waals surface area (Å²) in [5.41, 5.74) is 5.07. The summed E-state index contributed by atoms with van der Waals surface area (Å²) in [5.74, 6) is 0.0514. The van der Waals surface area contributed by atoms with Crippen LogP contribution in [0.3, 0.4) is 0 Å². The second-order valence-electron chi connectivity index (χ2n) is 8.62. The van der Waals surface area contributed by atoms with E-state index in [1.807, 2.05) is 52.3 Å². The predicted molar refractivity (Wildman–Crippen MR) is 123 cm³/mol. The van der Waals surface area contributed by atoms with E-state index in [2.05, 4.69) is 14.8 Å². The normalized spacial score (nSPS) is 14.7. The van der Waals surface area contributed by atoms with E-state index >= 15 is 0 Å². The fourth-order valence-corrected chi connectivity index (χ4v) is 4.24. The molecule has 0 bridgehead atoms.